The monoisotopic (exact) mass is 441 g/mol. The number of ketones is 1. The Morgan fingerprint density at radius 2 is 1.91 bits per heavy atom. The largest absolute Gasteiger partial charge is 0.389 e. The van der Waals surface area contributed by atoms with E-state index in [4.69, 9.17) is 0 Å². The van der Waals surface area contributed by atoms with Crippen LogP contribution in [0.1, 0.15) is 89.5 Å². The molecule has 1 aliphatic rings. The van der Waals surface area contributed by atoms with Crippen LogP contribution in [0.4, 0.5) is 0 Å². The van der Waals surface area contributed by atoms with E-state index >= 15 is 0 Å². The highest BCUT2D eigenvalue weighted by molar-refractivity contribution is 5.83. The highest BCUT2D eigenvalue weighted by atomic mass is 16.3. The van der Waals surface area contributed by atoms with Crippen molar-refractivity contribution in [1.29, 1.82) is 0 Å². The first-order valence-corrected chi connectivity index (χ1v) is 12.8. The lowest BCUT2D eigenvalue weighted by atomic mass is 9.89. The molecule has 0 radical (unpaired) electrons. The highest BCUT2D eigenvalue weighted by Crippen LogP contribution is 2.34. The van der Waals surface area contributed by atoms with Crippen LogP contribution in [-0.4, -0.2) is 29.4 Å². The molecule has 4 heteroatoms. The molecule has 1 saturated carbocycles. The summed E-state index contributed by atoms with van der Waals surface area (Å²) in [6.45, 7) is 2.85. The fraction of sp³-hybridized carbons (Fsp3) is 0.643. The van der Waals surface area contributed by atoms with Crippen LogP contribution >= 0.6 is 0 Å². The molecule has 0 spiro atoms. The number of hydrogen-bond donors (Lipinski definition) is 2. The summed E-state index contributed by atoms with van der Waals surface area (Å²) in [5.74, 6) is 0.932. The average molecular weight is 442 g/mol. The van der Waals surface area contributed by atoms with Crippen molar-refractivity contribution >= 4 is 11.7 Å². The molecule has 1 aromatic rings. The third kappa shape index (κ3) is 10.6. The third-order valence-corrected chi connectivity index (χ3v) is 6.59. The van der Waals surface area contributed by atoms with Gasteiger partial charge in [0.25, 0.3) is 0 Å². The molecule has 1 aromatic carbocycles. The number of Topliss-reactive ketones (excluding diaryl/α,β-unsaturated/α-hetero) is 1. The fourth-order valence-electron chi connectivity index (χ4n) is 4.59. The second-order valence-electron chi connectivity index (χ2n) is 9.26. The van der Waals surface area contributed by atoms with Crippen molar-refractivity contribution in [1.82, 2.24) is 5.32 Å². The molecule has 2 rings (SSSR count). The molecular formula is C28H43NO3. The summed E-state index contributed by atoms with van der Waals surface area (Å²) in [4.78, 5) is 24.3. The van der Waals surface area contributed by atoms with E-state index in [9.17, 15) is 14.7 Å². The number of aliphatic hydroxyl groups excluding tert-OH is 1. The summed E-state index contributed by atoms with van der Waals surface area (Å²) >= 11 is 0. The van der Waals surface area contributed by atoms with Gasteiger partial charge in [0.1, 0.15) is 5.78 Å². The second kappa shape index (κ2) is 15.8. The van der Waals surface area contributed by atoms with Crippen LogP contribution < -0.4 is 5.32 Å². The summed E-state index contributed by atoms with van der Waals surface area (Å²) in [6.07, 6.45) is 15.9. The maximum Gasteiger partial charge on any atom is 0.220 e. The zero-order valence-electron chi connectivity index (χ0n) is 19.9. The van der Waals surface area contributed by atoms with E-state index < -0.39 is 0 Å². The molecule has 3 atom stereocenters. The maximum absolute atomic E-state index is 12.3. The van der Waals surface area contributed by atoms with E-state index in [1.165, 1.54) is 5.56 Å². The lowest BCUT2D eigenvalue weighted by Crippen LogP contribution is -2.25. The Balaban J connectivity index is 1.54. The van der Waals surface area contributed by atoms with Crippen LogP contribution in [0.25, 0.3) is 0 Å². The SMILES string of the molecule is CCCCCC(O)C=CC1CCC(=O)C1CCCCCCC(=O)NCCc1ccccc1. The first kappa shape index (κ1) is 26.3. The lowest BCUT2D eigenvalue weighted by molar-refractivity contribution is -0.121. The molecule has 0 aromatic heterocycles. The van der Waals surface area contributed by atoms with Gasteiger partial charge in [0.05, 0.1) is 6.10 Å². The average Bonchev–Trinajstić information content (AvgIpc) is 3.15. The van der Waals surface area contributed by atoms with E-state index in [1.54, 1.807) is 0 Å². The minimum absolute atomic E-state index is 0.121. The Labute approximate surface area is 194 Å². The number of aliphatic hydroxyl groups is 1. The number of nitrogens with one attached hydrogen (secondary N) is 1. The van der Waals surface area contributed by atoms with Crippen molar-refractivity contribution < 1.29 is 14.7 Å². The molecule has 3 unspecified atom stereocenters. The lowest BCUT2D eigenvalue weighted by Gasteiger charge is -2.15. The summed E-state index contributed by atoms with van der Waals surface area (Å²) in [5.41, 5.74) is 1.24. The van der Waals surface area contributed by atoms with Gasteiger partial charge in [-0.15, -0.1) is 0 Å². The van der Waals surface area contributed by atoms with Gasteiger partial charge >= 0.3 is 0 Å². The van der Waals surface area contributed by atoms with Crippen molar-refractivity contribution in [2.75, 3.05) is 6.54 Å². The molecular weight excluding hydrogens is 398 g/mol. The van der Waals surface area contributed by atoms with Gasteiger partial charge in [-0.1, -0.05) is 87.9 Å². The van der Waals surface area contributed by atoms with Gasteiger partial charge in [0.15, 0.2) is 0 Å². The van der Waals surface area contributed by atoms with Crippen LogP contribution in [0.2, 0.25) is 0 Å². The van der Waals surface area contributed by atoms with E-state index in [2.05, 4.69) is 30.4 Å². The van der Waals surface area contributed by atoms with Crippen LogP contribution in [-0.2, 0) is 16.0 Å². The molecule has 1 amide bonds. The molecule has 0 saturated heterocycles. The van der Waals surface area contributed by atoms with Gasteiger partial charge in [-0.3, -0.25) is 9.59 Å². The van der Waals surface area contributed by atoms with Crippen LogP contribution in [0.15, 0.2) is 42.5 Å². The van der Waals surface area contributed by atoms with Crippen molar-refractivity contribution in [2.24, 2.45) is 11.8 Å². The number of amides is 1. The number of carbonyl (C=O) groups excluding carboxylic acids is 2. The number of carbonyl (C=O) groups is 2. The summed E-state index contributed by atoms with van der Waals surface area (Å²) < 4.78 is 0. The van der Waals surface area contributed by atoms with Crippen molar-refractivity contribution in [3.63, 3.8) is 0 Å². The third-order valence-electron chi connectivity index (χ3n) is 6.59. The molecule has 2 N–H and O–H groups in total. The van der Waals surface area contributed by atoms with Gasteiger partial charge in [-0.05, 0) is 43.6 Å². The molecule has 178 valence electrons. The second-order valence-corrected chi connectivity index (χ2v) is 9.26. The Morgan fingerprint density at radius 1 is 1.12 bits per heavy atom. The quantitative estimate of drug-likeness (QED) is 0.252. The summed E-state index contributed by atoms with van der Waals surface area (Å²) in [6, 6.07) is 10.2. The number of unbranched alkanes of at least 4 members (excludes halogenated alkanes) is 5. The number of benzene rings is 1. The molecule has 1 aliphatic carbocycles. The molecule has 0 aliphatic heterocycles. The number of allylic oxidation sites excluding steroid dienone is 1. The smallest absolute Gasteiger partial charge is 0.220 e. The zero-order chi connectivity index (χ0) is 23.0. The van der Waals surface area contributed by atoms with Crippen LogP contribution in [0.3, 0.4) is 0 Å². The topological polar surface area (TPSA) is 66.4 Å². The van der Waals surface area contributed by atoms with Gasteiger partial charge in [-0.25, -0.2) is 0 Å². The van der Waals surface area contributed by atoms with E-state index in [1.807, 2.05) is 24.3 Å². The number of rotatable bonds is 16. The molecule has 0 bridgehead atoms. The van der Waals surface area contributed by atoms with Gasteiger partial charge in [0, 0.05) is 25.3 Å². The van der Waals surface area contributed by atoms with Crippen LogP contribution in [0.5, 0.6) is 0 Å². The minimum Gasteiger partial charge on any atom is -0.389 e. The van der Waals surface area contributed by atoms with Crippen LogP contribution in [0, 0.1) is 11.8 Å². The molecule has 0 heterocycles. The van der Waals surface area contributed by atoms with Gasteiger partial charge < -0.3 is 10.4 Å². The Morgan fingerprint density at radius 3 is 2.69 bits per heavy atom. The predicted octanol–water partition coefficient (Wildman–Crippen LogP) is 5.78. The van der Waals surface area contributed by atoms with E-state index in [0.29, 0.717) is 31.1 Å². The first-order valence-electron chi connectivity index (χ1n) is 12.8. The Hall–Kier alpha value is -1.94. The van der Waals surface area contributed by atoms with E-state index in [0.717, 1.165) is 70.6 Å². The minimum atomic E-state index is -0.378. The first-order chi connectivity index (χ1) is 15.6. The molecule has 1 fully saturated rings. The van der Waals surface area contributed by atoms with Gasteiger partial charge in [0.2, 0.25) is 5.91 Å². The standard InChI is InChI=1S/C28H43NO3/c1-2-3-7-14-25(30)19-17-24-18-20-27(31)26(24)15-10-4-5-11-16-28(32)29-22-21-23-12-8-6-9-13-23/h6,8-9,12-13,17,19,24-26,30H,2-5,7,10-11,14-16,18,20-22H2,1H3,(H,29,32). The normalized spacial score (nSPS) is 19.5. The van der Waals surface area contributed by atoms with Gasteiger partial charge in [-0.2, -0.15) is 0 Å². The Bertz CT molecular complexity index is 685. The van der Waals surface area contributed by atoms with E-state index in [-0.39, 0.29) is 17.9 Å². The Kier molecular flexibility index (Phi) is 13.0. The predicted molar refractivity (Wildman–Crippen MR) is 131 cm³/mol. The zero-order valence-corrected chi connectivity index (χ0v) is 19.9. The number of hydrogen-bond acceptors (Lipinski definition) is 3. The summed E-state index contributed by atoms with van der Waals surface area (Å²) in [7, 11) is 0. The highest BCUT2D eigenvalue weighted by Gasteiger charge is 2.32. The summed E-state index contributed by atoms with van der Waals surface area (Å²) in [5, 5.41) is 13.1. The molecule has 32 heavy (non-hydrogen) atoms. The van der Waals surface area contributed by atoms with Crippen molar-refractivity contribution in [2.45, 2.75) is 96.5 Å². The van der Waals surface area contributed by atoms with Crippen molar-refractivity contribution in [3.05, 3.63) is 48.0 Å². The maximum atomic E-state index is 12.3. The molecule has 4 nitrogen and oxygen atoms in total. The fourth-order valence-corrected chi connectivity index (χ4v) is 4.59. The van der Waals surface area contributed by atoms with Crippen molar-refractivity contribution in [3.8, 4) is 0 Å².